The maximum absolute atomic E-state index is 12.7. The molecule has 1 amide bonds. The van der Waals surface area contributed by atoms with Gasteiger partial charge in [0.2, 0.25) is 0 Å². The number of piperidine rings is 1. The molecular weight excluding hydrogens is 316 g/mol. The summed E-state index contributed by atoms with van der Waals surface area (Å²) in [5.41, 5.74) is -0.435. The number of aliphatic imine (C=N–C) groups is 1. The summed E-state index contributed by atoms with van der Waals surface area (Å²) < 4.78 is 5.68. The minimum atomic E-state index is -0.435. The van der Waals surface area contributed by atoms with Crippen LogP contribution in [0.1, 0.15) is 59.3 Å². The second kappa shape index (κ2) is 7.42. The Labute approximate surface area is 152 Å². The molecule has 0 aromatic carbocycles. The fraction of sp³-hybridized carbons (Fsp3) is 0.895. The van der Waals surface area contributed by atoms with Crippen LogP contribution in [-0.2, 0) is 4.74 Å². The molecule has 25 heavy (non-hydrogen) atoms. The summed E-state index contributed by atoms with van der Waals surface area (Å²) in [5, 5.41) is 3.52. The normalized spacial score (nSPS) is 22.7. The van der Waals surface area contributed by atoms with E-state index in [1.165, 1.54) is 25.7 Å². The Morgan fingerprint density at radius 3 is 2.28 bits per heavy atom. The molecule has 3 fully saturated rings. The summed E-state index contributed by atoms with van der Waals surface area (Å²) in [6.45, 7) is 8.57. The van der Waals surface area contributed by atoms with Crippen LogP contribution in [-0.4, -0.2) is 66.2 Å². The highest BCUT2D eigenvalue weighted by molar-refractivity contribution is 5.80. The van der Waals surface area contributed by atoms with E-state index >= 15 is 0 Å². The number of ether oxygens (including phenoxy) is 1. The highest BCUT2D eigenvalue weighted by Gasteiger charge is 2.36. The molecule has 3 rings (SSSR count). The largest absolute Gasteiger partial charge is 0.444 e. The first-order valence-corrected chi connectivity index (χ1v) is 9.83. The van der Waals surface area contributed by atoms with E-state index in [9.17, 15) is 4.79 Å². The zero-order valence-corrected chi connectivity index (χ0v) is 16.3. The van der Waals surface area contributed by atoms with E-state index in [0.29, 0.717) is 12.0 Å². The summed E-state index contributed by atoms with van der Waals surface area (Å²) in [7, 11) is 1.86. The van der Waals surface area contributed by atoms with Crippen LogP contribution >= 0.6 is 0 Å². The highest BCUT2D eigenvalue weighted by Crippen LogP contribution is 2.32. The molecule has 142 valence electrons. The molecule has 1 heterocycles. The molecule has 1 N–H and O–H groups in total. The summed E-state index contributed by atoms with van der Waals surface area (Å²) in [6.07, 6.45) is 6.83. The van der Waals surface area contributed by atoms with E-state index in [2.05, 4.69) is 15.2 Å². The van der Waals surface area contributed by atoms with E-state index < -0.39 is 5.60 Å². The van der Waals surface area contributed by atoms with Crippen LogP contribution < -0.4 is 5.32 Å². The zero-order chi connectivity index (χ0) is 18.0. The number of carbonyl (C=O) groups is 1. The van der Waals surface area contributed by atoms with Gasteiger partial charge in [-0.25, -0.2) is 4.79 Å². The van der Waals surface area contributed by atoms with E-state index in [1.54, 1.807) is 0 Å². The third-order valence-electron chi connectivity index (χ3n) is 5.11. The second-order valence-electron chi connectivity index (χ2n) is 8.76. The molecule has 2 aliphatic carbocycles. The van der Waals surface area contributed by atoms with Crippen molar-refractivity contribution in [3.8, 4) is 0 Å². The lowest BCUT2D eigenvalue weighted by Crippen LogP contribution is -2.52. The van der Waals surface area contributed by atoms with Gasteiger partial charge in [-0.2, -0.15) is 0 Å². The van der Waals surface area contributed by atoms with Crippen molar-refractivity contribution in [3.63, 3.8) is 0 Å². The van der Waals surface area contributed by atoms with Crippen molar-refractivity contribution in [2.24, 2.45) is 10.9 Å². The van der Waals surface area contributed by atoms with Crippen molar-refractivity contribution >= 4 is 12.1 Å². The smallest absolute Gasteiger partial charge is 0.410 e. The molecule has 0 unspecified atom stereocenters. The van der Waals surface area contributed by atoms with Crippen molar-refractivity contribution < 1.29 is 9.53 Å². The van der Waals surface area contributed by atoms with Gasteiger partial charge in [-0.3, -0.25) is 4.99 Å². The van der Waals surface area contributed by atoms with Gasteiger partial charge in [0, 0.05) is 38.8 Å². The Bertz CT molecular complexity index is 498. The molecule has 6 heteroatoms. The Morgan fingerprint density at radius 2 is 1.80 bits per heavy atom. The van der Waals surface area contributed by atoms with Gasteiger partial charge < -0.3 is 19.9 Å². The molecule has 0 radical (unpaired) electrons. The van der Waals surface area contributed by atoms with Gasteiger partial charge in [0.05, 0.1) is 0 Å². The molecule has 0 bridgehead atoms. The van der Waals surface area contributed by atoms with Crippen LogP contribution in [0.5, 0.6) is 0 Å². The lowest BCUT2D eigenvalue weighted by molar-refractivity contribution is 0.00928. The van der Waals surface area contributed by atoms with Crippen LogP contribution in [0.3, 0.4) is 0 Å². The molecule has 0 spiro atoms. The molecule has 0 aromatic rings. The predicted octanol–water partition coefficient (Wildman–Crippen LogP) is 2.84. The second-order valence-corrected chi connectivity index (χ2v) is 8.76. The number of guanidine groups is 1. The molecule has 0 aromatic heterocycles. The maximum Gasteiger partial charge on any atom is 0.410 e. The molecule has 3 aliphatic rings. The van der Waals surface area contributed by atoms with Crippen molar-refractivity contribution in [3.05, 3.63) is 0 Å². The third kappa shape index (κ3) is 5.51. The van der Waals surface area contributed by atoms with Gasteiger partial charge in [0.1, 0.15) is 5.60 Å². The number of rotatable bonds is 4. The average Bonchev–Trinajstić information content (AvgIpc) is 3.44. The molecule has 1 saturated heterocycles. The first-order chi connectivity index (χ1) is 11.9. The molecular formula is C19H34N4O2. The van der Waals surface area contributed by atoms with E-state index in [-0.39, 0.29) is 12.1 Å². The SMILES string of the molecule is CN=C(NC1CC1)N1CCC(N(CC2CC2)C(=O)OC(C)(C)C)CC1. The van der Waals surface area contributed by atoms with E-state index in [4.69, 9.17) is 4.74 Å². The molecule has 1 aliphatic heterocycles. The first-order valence-electron chi connectivity index (χ1n) is 9.83. The lowest BCUT2D eigenvalue weighted by Gasteiger charge is -2.40. The summed E-state index contributed by atoms with van der Waals surface area (Å²) in [5.74, 6) is 1.70. The minimum absolute atomic E-state index is 0.140. The van der Waals surface area contributed by atoms with Crippen LogP contribution in [0.15, 0.2) is 4.99 Å². The van der Waals surface area contributed by atoms with Gasteiger partial charge in [-0.1, -0.05) is 0 Å². The van der Waals surface area contributed by atoms with Gasteiger partial charge in [-0.05, 0) is 65.2 Å². The standard InChI is InChI=1S/C19H34N4O2/c1-19(2,3)25-18(24)23(13-14-5-6-14)16-9-11-22(12-10-16)17(20-4)21-15-7-8-15/h14-16H,5-13H2,1-4H3,(H,20,21). The minimum Gasteiger partial charge on any atom is -0.444 e. The topological polar surface area (TPSA) is 57.2 Å². The number of likely N-dealkylation sites (tertiary alicyclic amines) is 1. The van der Waals surface area contributed by atoms with Crippen LogP contribution in [0.25, 0.3) is 0 Å². The molecule has 0 atom stereocenters. The van der Waals surface area contributed by atoms with Crippen LogP contribution in [0, 0.1) is 5.92 Å². The number of hydrogen-bond donors (Lipinski definition) is 1. The number of nitrogens with zero attached hydrogens (tertiary/aromatic N) is 3. The first kappa shape index (κ1) is 18.3. The monoisotopic (exact) mass is 350 g/mol. The predicted molar refractivity (Wildman–Crippen MR) is 99.8 cm³/mol. The summed E-state index contributed by atoms with van der Waals surface area (Å²) >= 11 is 0. The Morgan fingerprint density at radius 1 is 1.16 bits per heavy atom. The lowest BCUT2D eigenvalue weighted by atomic mass is 10.0. The number of nitrogens with one attached hydrogen (secondary N) is 1. The van der Waals surface area contributed by atoms with E-state index in [0.717, 1.165) is 38.4 Å². The average molecular weight is 351 g/mol. The van der Waals surface area contributed by atoms with Crippen molar-refractivity contribution in [1.82, 2.24) is 15.1 Å². The number of amides is 1. The van der Waals surface area contributed by atoms with Crippen LogP contribution in [0.2, 0.25) is 0 Å². The molecule has 2 saturated carbocycles. The Kier molecular flexibility index (Phi) is 5.44. The fourth-order valence-corrected chi connectivity index (χ4v) is 3.37. The van der Waals surface area contributed by atoms with Gasteiger partial charge in [-0.15, -0.1) is 0 Å². The van der Waals surface area contributed by atoms with Crippen molar-refractivity contribution in [2.45, 2.75) is 77.0 Å². The highest BCUT2D eigenvalue weighted by atomic mass is 16.6. The summed E-state index contributed by atoms with van der Waals surface area (Å²) in [4.78, 5) is 21.5. The maximum atomic E-state index is 12.7. The quantitative estimate of drug-likeness (QED) is 0.626. The van der Waals surface area contributed by atoms with Crippen LogP contribution in [0.4, 0.5) is 4.79 Å². The number of carbonyl (C=O) groups excluding carboxylic acids is 1. The summed E-state index contributed by atoms with van der Waals surface area (Å²) in [6, 6.07) is 0.898. The molecule has 6 nitrogen and oxygen atoms in total. The van der Waals surface area contributed by atoms with Gasteiger partial charge >= 0.3 is 6.09 Å². The third-order valence-corrected chi connectivity index (χ3v) is 5.11. The van der Waals surface area contributed by atoms with Crippen molar-refractivity contribution in [1.29, 1.82) is 0 Å². The fourth-order valence-electron chi connectivity index (χ4n) is 3.37. The van der Waals surface area contributed by atoms with E-state index in [1.807, 2.05) is 32.7 Å². The van der Waals surface area contributed by atoms with Gasteiger partial charge in [0.15, 0.2) is 5.96 Å². The Balaban J connectivity index is 1.56. The van der Waals surface area contributed by atoms with Crippen molar-refractivity contribution in [2.75, 3.05) is 26.7 Å². The number of hydrogen-bond acceptors (Lipinski definition) is 3. The Hall–Kier alpha value is -1.46. The van der Waals surface area contributed by atoms with Gasteiger partial charge in [0.25, 0.3) is 0 Å². The zero-order valence-electron chi connectivity index (χ0n) is 16.3.